The average molecular weight is 402 g/mol. The summed E-state index contributed by atoms with van der Waals surface area (Å²) >= 11 is 3.21. The van der Waals surface area contributed by atoms with Crippen molar-refractivity contribution in [2.45, 2.75) is 0 Å². The molecule has 2 N–H and O–H groups in total. The molecule has 10 heteroatoms. The van der Waals surface area contributed by atoms with Gasteiger partial charge < -0.3 is 19.5 Å². The first kappa shape index (κ1) is 15.3. The van der Waals surface area contributed by atoms with Crippen LogP contribution in [0.3, 0.4) is 0 Å². The summed E-state index contributed by atoms with van der Waals surface area (Å²) in [6.45, 7) is 0. The number of aromatic nitrogens is 4. The molecule has 0 aliphatic heterocycles. The number of amides is 1. The van der Waals surface area contributed by atoms with Crippen molar-refractivity contribution in [3.05, 3.63) is 41.3 Å². The molecule has 0 spiro atoms. The lowest BCUT2D eigenvalue weighted by molar-refractivity contribution is 0.209. The van der Waals surface area contributed by atoms with Gasteiger partial charge in [0.05, 0.1) is 12.4 Å². The van der Waals surface area contributed by atoms with Gasteiger partial charge in [-0.3, -0.25) is 0 Å². The molecule has 0 radical (unpaired) electrons. The third-order valence-corrected chi connectivity index (χ3v) is 3.68. The zero-order valence-corrected chi connectivity index (χ0v) is 13.9. The van der Waals surface area contributed by atoms with E-state index in [-0.39, 0.29) is 17.3 Å². The number of ether oxygens (including phenoxy) is 1. The fourth-order valence-electron chi connectivity index (χ4n) is 2.24. The highest BCUT2D eigenvalue weighted by Crippen LogP contribution is 2.31. The lowest BCUT2D eigenvalue weighted by Gasteiger charge is -2.03. The second-order valence-electron chi connectivity index (χ2n) is 4.92. The molecule has 0 aliphatic rings. The van der Waals surface area contributed by atoms with Crippen molar-refractivity contribution in [3.63, 3.8) is 0 Å². The van der Waals surface area contributed by atoms with E-state index < -0.39 is 6.09 Å². The molecule has 9 nitrogen and oxygen atoms in total. The number of nitrogens with zero attached hydrogens (tertiary/aromatic N) is 4. The van der Waals surface area contributed by atoms with E-state index in [2.05, 4.69) is 36.2 Å². The second-order valence-corrected chi connectivity index (χ2v) is 5.73. The maximum absolute atomic E-state index is 11.0. The Labute approximate surface area is 147 Å². The Morgan fingerprint density at radius 1 is 1.20 bits per heavy atom. The third kappa shape index (κ3) is 2.94. The summed E-state index contributed by atoms with van der Waals surface area (Å²) in [6.07, 6.45) is 1.98. The van der Waals surface area contributed by atoms with Gasteiger partial charge in [0.15, 0.2) is 17.0 Å². The lowest BCUT2D eigenvalue weighted by atomic mass is 10.1. The Kier molecular flexibility index (Phi) is 3.65. The van der Waals surface area contributed by atoms with E-state index in [0.29, 0.717) is 15.9 Å². The number of carbonyl (C=O) groups is 1. The number of halogens is 1. The van der Waals surface area contributed by atoms with E-state index in [4.69, 9.17) is 19.5 Å². The number of carbonyl (C=O) groups excluding carboxylic acids is 1. The summed E-state index contributed by atoms with van der Waals surface area (Å²) in [4.78, 5) is 19.2. The summed E-state index contributed by atoms with van der Waals surface area (Å²) in [6, 6.07) is 7.12. The number of fused-ring (bicyclic) bond motifs is 1. The fourth-order valence-corrected chi connectivity index (χ4v) is 2.52. The molecule has 0 unspecified atom stereocenters. The van der Waals surface area contributed by atoms with Crippen LogP contribution in [0.25, 0.3) is 33.7 Å². The van der Waals surface area contributed by atoms with E-state index in [1.165, 1.54) is 6.20 Å². The molecule has 1 aromatic carbocycles. The third-order valence-electron chi connectivity index (χ3n) is 3.30. The van der Waals surface area contributed by atoms with Gasteiger partial charge in [0, 0.05) is 17.0 Å². The van der Waals surface area contributed by atoms with Crippen LogP contribution in [0.2, 0.25) is 0 Å². The van der Waals surface area contributed by atoms with Crippen LogP contribution < -0.4 is 10.5 Å². The summed E-state index contributed by atoms with van der Waals surface area (Å²) in [5.41, 5.74) is 7.27. The molecule has 4 rings (SSSR count). The first-order valence-electron chi connectivity index (χ1n) is 6.92. The molecule has 0 saturated carbocycles. The average Bonchev–Trinajstić information content (AvgIpc) is 3.24. The highest BCUT2D eigenvalue weighted by Gasteiger charge is 2.18. The van der Waals surface area contributed by atoms with Crippen molar-refractivity contribution >= 4 is 33.0 Å². The van der Waals surface area contributed by atoms with E-state index in [1.807, 2.05) is 12.1 Å². The van der Waals surface area contributed by atoms with Gasteiger partial charge in [-0.15, -0.1) is 0 Å². The topological polar surface area (TPSA) is 130 Å². The van der Waals surface area contributed by atoms with E-state index in [1.54, 1.807) is 18.3 Å². The maximum Gasteiger partial charge on any atom is 0.411 e. The molecule has 0 fully saturated rings. The normalized spacial score (nSPS) is 10.9. The quantitative estimate of drug-likeness (QED) is 0.553. The number of nitrogens with two attached hydrogens (primary N) is 1. The van der Waals surface area contributed by atoms with Gasteiger partial charge in [-0.25, -0.2) is 14.8 Å². The molecule has 0 bridgehead atoms. The monoisotopic (exact) mass is 401 g/mol. The van der Waals surface area contributed by atoms with Crippen LogP contribution in [-0.4, -0.2) is 26.4 Å². The highest BCUT2D eigenvalue weighted by molar-refractivity contribution is 9.10. The van der Waals surface area contributed by atoms with E-state index >= 15 is 0 Å². The summed E-state index contributed by atoms with van der Waals surface area (Å²) in [5.74, 6) is 0.193. The maximum atomic E-state index is 11.0. The molecule has 25 heavy (non-hydrogen) atoms. The number of benzene rings is 1. The zero-order valence-electron chi connectivity index (χ0n) is 12.3. The van der Waals surface area contributed by atoms with Crippen LogP contribution in [0.1, 0.15) is 0 Å². The van der Waals surface area contributed by atoms with Gasteiger partial charge >= 0.3 is 6.09 Å². The van der Waals surface area contributed by atoms with Crippen molar-refractivity contribution in [1.82, 2.24) is 20.3 Å². The molecule has 3 heterocycles. The molecule has 0 aliphatic carbocycles. The van der Waals surface area contributed by atoms with Crippen LogP contribution in [0, 0.1) is 0 Å². The predicted octanol–water partition coefficient (Wildman–Crippen LogP) is 3.16. The van der Waals surface area contributed by atoms with Crippen LogP contribution in [-0.2, 0) is 0 Å². The summed E-state index contributed by atoms with van der Waals surface area (Å²) < 4.78 is 15.7. The minimum absolute atomic E-state index is 0.0760. The van der Waals surface area contributed by atoms with Gasteiger partial charge in [-0.05, 0) is 34.1 Å². The SMILES string of the molecule is NC(=O)Oc1ncc(Br)nc1-c1cc(-c2ccc3oncc3c2)no1. The molecular weight excluding hydrogens is 394 g/mol. The number of hydrogen-bond acceptors (Lipinski definition) is 8. The Hall–Kier alpha value is -3.27. The van der Waals surface area contributed by atoms with Gasteiger partial charge in [0.25, 0.3) is 5.88 Å². The Balaban J connectivity index is 1.76. The molecule has 1 amide bonds. The molecule has 124 valence electrons. The number of primary amides is 1. The first-order chi connectivity index (χ1) is 12.1. The Bertz CT molecular complexity index is 1090. The fraction of sp³-hybridized carbons (Fsp3) is 0. The van der Waals surface area contributed by atoms with Crippen LogP contribution in [0.5, 0.6) is 5.88 Å². The predicted molar refractivity (Wildman–Crippen MR) is 88.4 cm³/mol. The largest absolute Gasteiger partial charge is 0.411 e. The van der Waals surface area contributed by atoms with Crippen molar-refractivity contribution < 1.29 is 18.6 Å². The second kappa shape index (κ2) is 5.98. The Morgan fingerprint density at radius 2 is 2.08 bits per heavy atom. The van der Waals surface area contributed by atoms with Crippen LogP contribution in [0.4, 0.5) is 4.79 Å². The van der Waals surface area contributed by atoms with Gasteiger partial charge in [-0.1, -0.05) is 10.3 Å². The molecule has 0 saturated heterocycles. The van der Waals surface area contributed by atoms with Gasteiger partial charge in [0.2, 0.25) is 0 Å². The summed E-state index contributed by atoms with van der Waals surface area (Å²) in [5, 5.41) is 8.59. The van der Waals surface area contributed by atoms with Crippen LogP contribution in [0.15, 0.2) is 50.3 Å². The number of rotatable bonds is 3. The zero-order chi connectivity index (χ0) is 17.4. The van der Waals surface area contributed by atoms with E-state index in [9.17, 15) is 4.79 Å². The number of hydrogen-bond donors (Lipinski definition) is 1. The van der Waals surface area contributed by atoms with Gasteiger partial charge in [-0.2, -0.15) is 0 Å². The Morgan fingerprint density at radius 3 is 2.92 bits per heavy atom. The van der Waals surface area contributed by atoms with Crippen molar-refractivity contribution in [2.75, 3.05) is 0 Å². The molecule has 4 aromatic rings. The molecule has 0 atom stereocenters. The standard InChI is InChI=1S/C15H8BrN5O4/c16-12-6-18-14(23-15(17)22)13(20-12)11-4-9(21-25-11)7-1-2-10-8(3-7)5-19-24-10/h1-6H,(H2,17,22). The minimum Gasteiger partial charge on any atom is -0.389 e. The first-order valence-corrected chi connectivity index (χ1v) is 7.71. The van der Waals surface area contributed by atoms with Crippen molar-refractivity contribution in [2.24, 2.45) is 5.73 Å². The van der Waals surface area contributed by atoms with Crippen molar-refractivity contribution in [1.29, 1.82) is 0 Å². The molecular formula is C15H8BrN5O4. The van der Waals surface area contributed by atoms with E-state index in [0.717, 1.165) is 10.9 Å². The van der Waals surface area contributed by atoms with Gasteiger partial charge in [0.1, 0.15) is 10.3 Å². The minimum atomic E-state index is -1.00. The van der Waals surface area contributed by atoms with Crippen molar-refractivity contribution in [3.8, 4) is 28.6 Å². The molecule has 3 aromatic heterocycles. The van der Waals surface area contributed by atoms with Crippen LogP contribution >= 0.6 is 15.9 Å². The smallest absolute Gasteiger partial charge is 0.389 e. The lowest BCUT2D eigenvalue weighted by Crippen LogP contribution is -2.17. The summed E-state index contributed by atoms with van der Waals surface area (Å²) in [7, 11) is 0. The highest BCUT2D eigenvalue weighted by atomic mass is 79.9.